The molecular formula is C20H18HgN4S. The fourth-order valence-corrected chi connectivity index (χ4v) is 10.3. The van der Waals surface area contributed by atoms with E-state index in [0.717, 1.165) is 15.3 Å². The summed E-state index contributed by atoms with van der Waals surface area (Å²) in [5.74, 6) is 0. The number of benzene rings is 3. The van der Waals surface area contributed by atoms with E-state index >= 15 is 0 Å². The maximum atomic E-state index is 7.48. The van der Waals surface area contributed by atoms with Gasteiger partial charge in [-0.3, -0.25) is 0 Å². The first kappa shape index (κ1) is 18.7. The van der Waals surface area contributed by atoms with Crippen molar-refractivity contribution in [2.45, 2.75) is 3.93 Å². The molecule has 0 radical (unpaired) electrons. The minimum absolute atomic E-state index is 0.258. The van der Waals surface area contributed by atoms with Gasteiger partial charge in [-0.25, -0.2) is 0 Å². The van der Waals surface area contributed by atoms with Crippen LogP contribution in [0.3, 0.4) is 0 Å². The molecule has 0 aliphatic heterocycles. The molecule has 26 heavy (non-hydrogen) atoms. The second kappa shape index (κ2) is 9.55. The second-order valence-electron chi connectivity index (χ2n) is 5.74. The van der Waals surface area contributed by atoms with Gasteiger partial charge in [0.15, 0.2) is 0 Å². The minimum atomic E-state index is -1.68. The molecule has 0 aliphatic rings. The van der Waals surface area contributed by atoms with Gasteiger partial charge in [-0.1, -0.05) is 0 Å². The van der Waals surface area contributed by atoms with Crippen molar-refractivity contribution >= 4 is 28.7 Å². The number of anilines is 2. The molecule has 0 amide bonds. The molecule has 0 aliphatic carbocycles. The Morgan fingerprint density at radius 3 is 1.85 bits per heavy atom. The predicted molar refractivity (Wildman–Crippen MR) is 106 cm³/mol. The Labute approximate surface area is 171 Å². The monoisotopic (exact) mass is 548 g/mol. The van der Waals surface area contributed by atoms with E-state index in [1.165, 1.54) is 5.56 Å². The molecule has 3 aromatic rings. The van der Waals surface area contributed by atoms with E-state index in [1.807, 2.05) is 59.6 Å². The van der Waals surface area contributed by atoms with Crippen LogP contribution in [0.15, 0.2) is 96.1 Å². The van der Waals surface area contributed by atoms with Crippen LogP contribution in [-0.4, -0.2) is 5.11 Å². The van der Waals surface area contributed by atoms with Crippen molar-refractivity contribution in [3.05, 3.63) is 96.6 Å². The predicted octanol–water partition coefficient (Wildman–Crippen LogP) is 5.43. The summed E-state index contributed by atoms with van der Waals surface area (Å²) in [4.78, 5) is 0. The van der Waals surface area contributed by atoms with Gasteiger partial charge in [0, 0.05) is 0 Å². The van der Waals surface area contributed by atoms with E-state index in [0.29, 0.717) is 0 Å². The molecule has 0 aromatic heterocycles. The second-order valence-corrected chi connectivity index (χ2v) is 12.1. The zero-order valence-corrected chi connectivity index (χ0v) is 20.6. The van der Waals surface area contributed by atoms with E-state index in [1.54, 1.807) is 0 Å². The summed E-state index contributed by atoms with van der Waals surface area (Å²) in [6.07, 6.45) is 0. The summed E-state index contributed by atoms with van der Waals surface area (Å²) in [6, 6.07) is 30.7. The van der Waals surface area contributed by atoms with Crippen LogP contribution in [0, 0.1) is 5.53 Å². The van der Waals surface area contributed by atoms with Crippen molar-refractivity contribution < 1.29 is 24.9 Å². The van der Waals surface area contributed by atoms with Crippen LogP contribution in [-0.2, 0) is 28.8 Å². The third-order valence-electron chi connectivity index (χ3n) is 4.03. The fraction of sp³-hybridized carbons (Fsp3) is 0.0500. The van der Waals surface area contributed by atoms with Crippen molar-refractivity contribution in [1.82, 2.24) is 0 Å². The summed E-state index contributed by atoms with van der Waals surface area (Å²) >= 11 is 3.75. The summed E-state index contributed by atoms with van der Waals surface area (Å²) in [7, 11) is 0. The standard InChI is InChI=1S/C13H11N4S.C7H7.Hg/c14-15-13(18)17(12-9-5-2-6-10-12)16-11-7-3-1-4-8-11;1-7-5-3-2-4-6-7;/h1-10,14H;2-6H,1H2;/q-1;;+1. The number of nitrogens with one attached hydrogen (secondary N) is 1. The summed E-state index contributed by atoms with van der Waals surface area (Å²) in [5, 5.41) is 5.74. The van der Waals surface area contributed by atoms with Crippen LogP contribution in [0.4, 0.5) is 11.4 Å². The zero-order valence-electron chi connectivity index (χ0n) is 14.3. The van der Waals surface area contributed by atoms with Gasteiger partial charge in [-0.2, -0.15) is 0 Å². The molecular weight excluding hydrogens is 529 g/mol. The molecule has 0 bridgehead atoms. The normalized spacial score (nSPS) is 9.85. The number of rotatable bonds is 6. The Balaban J connectivity index is 1.96. The van der Waals surface area contributed by atoms with Gasteiger partial charge >= 0.3 is 172 Å². The van der Waals surface area contributed by atoms with Crippen molar-refractivity contribution in [2.75, 3.05) is 7.78 Å². The summed E-state index contributed by atoms with van der Waals surface area (Å²) < 4.78 is 3.36. The number of hydrogen-bond acceptors (Lipinski definition) is 3. The van der Waals surface area contributed by atoms with Crippen molar-refractivity contribution in [3.8, 4) is 0 Å². The Bertz CT molecular complexity index is 843. The van der Waals surface area contributed by atoms with Gasteiger partial charge in [-0.15, -0.1) is 0 Å². The molecule has 0 unspecified atom stereocenters. The maximum absolute atomic E-state index is 7.48. The first-order valence-corrected chi connectivity index (χ1v) is 15.2. The molecule has 0 saturated carbocycles. The number of hydrogen-bond donors (Lipinski definition) is 1. The van der Waals surface area contributed by atoms with Gasteiger partial charge in [0.2, 0.25) is 0 Å². The average molecular weight is 547 g/mol. The van der Waals surface area contributed by atoms with E-state index in [-0.39, 0.29) is 5.11 Å². The van der Waals surface area contributed by atoms with Crippen LogP contribution in [0.2, 0.25) is 0 Å². The van der Waals surface area contributed by atoms with Gasteiger partial charge < -0.3 is 0 Å². The average Bonchev–Trinajstić information content (AvgIpc) is 2.72. The SMILES string of the molecule is N=NC(=S)N(c1ccccc1)[N]([Hg][CH2]c1ccccc1)c1ccccc1. The van der Waals surface area contributed by atoms with Gasteiger partial charge in [0.1, 0.15) is 0 Å². The zero-order chi connectivity index (χ0) is 18.2. The van der Waals surface area contributed by atoms with Crippen LogP contribution in [0.5, 0.6) is 0 Å². The van der Waals surface area contributed by atoms with Gasteiger partial charge in [0.25, 0.3) is 0 Å². The van der Waals surface area contributed by atoms with E-state index in [2.05, 4.69) is 44.3 Å². The number of thiocarbonyl (C=S) groups is 1. The van der Waals surface area contributed by atoms with Gasteiger partial charge in [-0.05, 0) is 0 Å². The van der Waals surface area contributed by atoms with Crippen LogP contribution in [0.1, 0.15) is 5.56 Å². The summed E-state index contributed by atoms with van der Waals surface area (Å²) in [6.45, 7) is 0. The quantitative estimate of drug-likeness (QED) is 0.194. The van der Waals surface area contributed by atoms with Gasteiger partial charge in [0.05, 0.1) is 0 Å². The first-order chi connectivity index (χ1) is 12.8. The van der Waals surface area contributed by atoms with Crippen LogP contribution in [0.25, 0.3) is 0 Å². The Morgan fingerprint density at radius 1 is 0.808 bits per heavy atom. The van der Waals surface area contributed by atoms with Crippen LogP contribution >= 0.6 is 12.2 Å². The fourth-order valence-electron chi connectivity index (χ4n) is 2.79. The van der Waals surface area contributed by atoms with Crippen molar-refractivity contribution in [2.24, 2.45) is 5.11 Å². The third-order valence-corrected chi connectivity index (χ3v) is 11.6. The topological polar surface area (TPSA) is 42.7 Å². The molecule has 6 heteroatoms. The van der Waals surface area contributed by atoms with E-state index < -0.39 is 24.9 Å². The molecule has 3 rings (SSSR count). The van der Waals surface area contributed by atoms with E-state index in [4.69, 9.17) is 17.7 Å². The number of hydrazine groups is 1. The molecule has 1 N–H and O–H groups in total. The Hall–Kier alpha value is -2.11. The molecule has 126 valence electrons. The molecule has 0 saturated heterocycles. The first-order valence-electron chi connectivity index (χ1n) is 8.42. The molecule has 0 atom stereocenters. The number of nitrogens with zero attached hydrogens (tertiary/aromatic N) is 3. The number of para-hydroxylation sites is 2. The third kappa shape index (κ3) is 4.74. The van der Waals surface area contributed by atoms with Crippen molar-refractivity contribution in [1.29, 1.82) is 5.53 Å². The van der Waals surface area contributed by atoms with Crippen molar-refractivity contribution in [3.63, 3.8) is 0 Å². The Morgan fingerprint density at radius 2 is 1.31 bits per heavy atom. The summed E-state index contributed by atoms with van der Waals surface area (Å²) in [5.41, 5.74) is 10.9. The molecule has 0 heterocycles. The molecule has 3 aromatic carbocycles. The Kier molecular flexibility index (Phi) is 6.85. The van der Waals surface area contributed by atoms with Crippen LogP contribution < -0.4 is 7.78 Å². The molecule has 4 nitrogen and oxygen atoms in total. The molecule has 0 fully saturated rings. The van der Waals surface area contributed by atoms with E-state index in [9.17, 15) is 0 Å². The molecule has 0 spiro atoms.